The van der Waals surface area contributed by atoms with Crippen LogP contribution in [-0.4, -0.2) is 12.0 Å². The number of nitrogens with one attached hydrogen (secondary N) is 1. The number of para-hydroxylation sites is 2. The summed E-state index contributed by atoms with van der Waals surface area (Å²) in [5.74, 6) is 0.789. The number of aryl methyl sites for hydroxylation is 1. The Balaban J connectivity index is 1.83. The highest BCUT2D eigenvalue weighted by molar-refractivity contribution is 7.12. The summed E-state index contributed by atoms with van der Waals surface area (Å²) in [6.45, 7) is 2.19. The fraction of sp³-hybridized carbons (Fsp3) is 0.312. The van der Waals surface area contributed by atoms with Crippen molar-refractivity contribution in [2.75, 3.05) is 7.05 Å². The topological polar surface area (TPSA) is 38.1 Å². The maximum absolute atomic E-state index is 5.81. The predicted molar refractivity (Wildman–Crippen MR) is 83.2 cm³/mol. The van der Waals surface area contributed by atoms with E-state index >= 15 is 0 Å². The first kappa shape index (κ1) is 13.3. The Labute approximate surface area is 122 Å². The molecule has 2 aromatic heterocycles. The number of fused-ring (bicyclic) bond motifs is 1. The van der Waals surface area contributed by atoms with Crippen molar-refractivity contribution in [2.24, 2.45) is 0 Å². The summed E-state index contributed by atoms with van der Waals surface area (Å²) < 4.78 is 5.81. The number of aromatic nitrogens is 1. The molecule has 3 rings (SSSR count). The molecule has 0 spiro atoms. The van der Waals surface area contributed by atoms with E-state index in [4.69, 9.17) is 4.42 Å². The van der Waals surface area contributed by atoms with Gasteiger partial charge in [-0.1, -0.05) is 19.1 Å². The Bertz CT molecular complexity index is 668. The Morgan fingerprint density at radius 3 is 2.80 bits per heavy atom. The van der Waals surface area contributed by atoms with Crippen molar-refractivity contribution < 1.29 is 4.42 Å². The summed E-state index contributed by atoms with van der Waals surface area (Å²) in [4.78, 5) is 7.30. The molecule has 0 amide bonds. The first-order chi connectivity index (χ1) is 9.80. The number of hydrogen-bond acceptors (Lipinski definition) is 4. The third kappa shape index (κ3) is 2.62. The number of oxazole rings is 1. The van der Waals surface area contributed by atoms with E-state index in [1.54, 1.807) is 0 Å². The maximum Gasteiger partial charge on any atom is 0.197 e. The molecule has 3 aromatic rings. The van der Waals surface area contributed by atoms with E-state index in [0.29, 0.717) is 0 Å². The molecule has 1 unspecified atom stereocenters. The molecule has 0 bridgehead atoms. The molecule has 4 heteroatoms. The maximum atomic E-state index is 5.81. The zero-order valence-electron chi connectivity index (χ0n) is 11.7. The van der Waals surface area contributed by atoms with Gasteiger partial charge in [-0.15, -0.1) is 11.3 Å². The number of nitrogens with zero attached hydrogens (tertiary/aromatic N) is 1. The molecule has 0 aliphatic heterocycles. The normalized spacial score (nSPS) is 12.9. The van der Waals surface area contributed by atoms with Gasteiger partial charge in [0.15, 0.2) is 11.5 Å². The van der Waals surface area contributed by atoms with Gasteiger partial charge in [0.25, 0.3) is 0 Å². The van der Waals surface area contributed by atoms with Gasteiger partial charge in [0.1, 0.15) is 5.52 Å². The molecule has 1 N–H and O–H groups in total. The lowest BCUT2D eigenvalue weighted by Crippen LogP contribution is -2.17. The Kier molecular flexibility index (Phi) is 3.85. The molecule has 1 aromatic carbocycles. The molecule has 3 nitrogen and oxygen atoms in total. The van der Waals surface area contributed by atoms with Gasteiger partial charge < -0.3 is 9.73 Å². The van der Waals surface area contributed by atoms with Gasteiger partial charge in [0, 0.05) is 22.2 Å². The quantitative estimate of drug-likeness (QED) is 0.771. The van der Waals surface area contributed by atoms with E-state index in [2.05, 4.69) is 29.4 Å². The number of thiophene rings is 1. The van der Waals surface area contributed by atoms with Crippen LogP contribution in [0.3, 0.4) is 0 Å². The molecule has 104 valence electrons. The van der Waals surface area contributed by atoms with Crippen molar-refractivity contribution in [2.45, 2.75) is 25.8 Å². The van der Waals surface area contributed by atoms with Crippen LogP contribution in [0.25, 0.3) is 11.1 Å². The number of hydrogen-bond donors (Lipinski definition) is 1. The van der Waals surface area contributed by atoms with Crippen LogP contribution < -0.4 is 5.32 Å². The molecule has 2 heterocycles. The molecule has 0 aliphatic rings. The van der Waals surface area contributed by atoms with Gasteiger partial charge in [-0.05, 0) is 37.7 Å². The zero-order valence-corrected chi connectivity index (χ0v) is 12.5. The lowest BCUT2D eigenvalue weighted by Gasteiger charge is -2.11. The monoisotopic (exact) mass is 286 g/mol. The van der Waals surface area contributed by atoms with Crippen LogP contribution in [-0.2, 0) is 12.8 Å². The van der Waals surface area contributed by atoms with Gasteiger partial charge in [-0.25, -0.2) is 4.98 Å². The van der Waals surface area contributed by atoms with Gasteiger partial charge in [0.05, 0.1) is 0 Å². The van der Waals surface area contributed by atoms with Crippen molar-refractivity contribution in [3.05, 3.63) is 52.0 Å². The third-order valence-corrected chi connectivity index (χ3v) is 4.78. The summed E-state index contributed by atoms with van der Waals surface area (Å²) >= 11 is 1.86. The Morgan fingerprint density at radius 1 is 1.25 bits per heavy atom. The minimum absolute atomic E-state index is 0.258. The van der Waals surface area contributed by atoms with Gasteiger partial charge in [-0.3, -0.25) is 0 Å². The highest BCUT2D eigenvalue weighted by Gasteiger charge is 2.16. The SMILES string of the molecule is CCc1ccc(C(Cc2nc3ccccc3o2)NC)s1. The number of likely N-dealkylation sites (N-methyl/N-ethyl adjacent to an activating group) is 1. The first-order valence-corrected chi connectivity index (χ1v) is 7.72. The number of benzene rings is 1. The smallest absolute Gasteiger partial charge is 0.197 e. The summed E-state index contributed by atoms with van der Waals surface area (Å²) in [6.07, 6.45) is 1.86. The third-order valence-electron chi connectivity index (χ3n) is 3.44. The van der Waals surface area contributed by atoms with Gasteiger partial charge >= 0.3 is 0 Å². The second kappa shape index (κ2) is 5.77. The van der Waals surface area contributed by atoms with E-state index in [9.17, 15) is 0 Å². The van der Waals surface area contributed by atoms with E-state index in [1.807, 2.05) is 42.6 Å². The first-order valence-electron chi connectivity index (χ1n) is 6.90. The molecule has 0 saturated heterocycles. The Morgan fingerprint density at radius 2 is 2.10 bits per heavy atom. The minimum Gasteiger partial charge on any atom is -0.441 e. The zero-order chi connectivity index (χ0) is 13.9. The van der Waals surface area contributed by atoms with Crippen molar-refractivity contribution in [3.63, 3.8) is 0 Å². The predicted octanol–water partition coefficient (Wildman–Crippen LogP) is 3.95. The van der Waals surface area contributed by atoms with Gasteiger partial charge in [-0.2, -0.15) is 0 Å². The highest BCUT2D eigenvalue weighted by atomic mass is 32.1. The van der Waals surface area contributed by atoms with E-state index in [-0.39, 0.29) is 6.04 Å². The molecule has 0 aliphatic carbocycles. The second-order valence-corrected chi connectivity index (χ2v) is 5.98. The van der Waals surface area contributed by atoms with Crippen LogP contribution in [0.1, 0.15) is 28.6 Å². The molecule has 1 atom stereocenters. The lowest BCUT2D eigenvalue weighted by molar-refractivity contribution is 0.477. The highest BCUT2D eigenvalue weighted by Crippen LogP contribution is 2.27. The van der Waals surface area contributed by atoms with Gasteiger partial charge in [0.2, 0.25) is 0 Å². The number of rotatable bonds is 5. The van der Waals surface area contributed by atoms with E-state index in [1.165, 1.54) is 9.75 Å². The van der Waals surface area contributed by atoms with Crippen molar-refractivity contribution in [3.8, 4) is 0 Å². The molecule has 20 heavy (non-hydrogen) atoms. The molecule has 0 radical (unpaired) electrons. The fourth-order valence-corrected chi connectivity index (χ4v) is 3.36. The largest absolute Gasteiger partial charge is 0.441 e. The van der Waals surface area contributed by atoms with Crippen molar-refractivity contribution in [1.82, 2.24) is 10.3 Å². The van der Waals surface area contributed by atoms with Crippen molar-refractivity contribution in [1.29, 1.82) is 0 Å². The summed E-state index contributed by atoms with van der Waals surface area (Å²) in [6, 6.07) is 12.6. The molecular weight excluding hydrogens is 268 g/mol. The van der Waals surface area contributed by atoms with Crippen LogP contribution in [0.5, 0.6) is 0 Å². The molecule has 0 saturated carbocycles. The standard InChI is InChI=1S/C16H18N2OS/c1-3-11-8-9-15(20-11)13(17-2)10-16-18-12-6-4-5-7-14(12)19-16/h4-9,13,17H,3,10H2,1-2H3. The molecule has 0 fully saturated rings. The summed E-state index contributed by atoms with van der Waals surface area (Å²) in [7, 11) is 1.98. The molecular formula is C16H18N2OS. The van der Waals surface area contributed by atoms with Crippen LogP contribution in [0.15, 0.2) is 40.8 Å². The van der Waals surface area contributed by atoms with E-state index in [0.717, 1.165) is 29.8 Å². The van der Waals surface area contributed by atoms with Crippen LogP contribution in [0, 0.1) is 0 Å². The lowest BCUT2D eigenvalue weighted by atomic mass is 10.1. The average molecular weight is 286 g/mol. The minimum atomic E-state index is 0.258. The van der Waals surface area contributed by atoms with Crippen LogP contribution in [0.2, 0.25) is 0 Å². The van der Waals surface area contributed by atoms with E-state index < -0.39 is 0 Å². The summed E-state index contributed by atoms with van der Waals surface area (Å²) in [5, 5.41) is 3.36. The average Bonchev–Trinajstić information content (AvgIpc) is 3.10. The Hall–Kier alpha value is -1.65. The fourth-order valence-electron chi connectivity index (χ4n) is 2.30. The van der Waals surface area contributed by atoms with Crippen LogP contribution >= 0.6 is 11.3 Å². The second-order valence-electron chi connectivity index (χ2n) is 4.78. The van der Waals surface area contributed by atoms with Crippen LogP contribution in [0.4, 0.5) is 0 Å². The van der Waals surface area contributed by atoms with Crippen molar-refractivity contribution >= 4 is 22.4 Å². The summed E-state index contributed by atoms with van der Waals surface area (Å²) in [5.41, 5.74) is 1.79.